The van der Waals surface area contributed by atoms with Crippen molar-refractivity contribution in [1.82, 2.24) is 15.1 Å². The summed E-state index contributed by atoms with van der Waals surface area (Å²) in [7, 11) is 0. The van der Waals surface area contributed by atoms with Crippen molar-refractivity contribution in [3.8, 4) is 5.69 Å². The molecule has 0 saturated carbocycles. The van der Waals surface area contributed by atoms with Gasteiger partial charge in [-0.25, -0.2) is 4.68 Å². The van der Waals surface area contributed by atoms with Gasteiger partial charge in [0, 0.05) is 36.5 Å². The number of halogens is 1. The first-order valence-corrected chi connectivity index (χ1v) is 6.68. The van der Waals surface area contributed by atoms with Crippen LogP contribution < -0.4 is 5.32 Å². The fourth-order valence-corrected chi connectivity index (χ4v) is 1.84. The van der Waals surface area contributed by atoms with Crippen LogP contribution in [0.25, 0.3) is 5.69 Å². The van der Waals surface area contributed by atoms with Gasteiger partial charge in [0.2, 0.25) is 0 Å². The molecule has 0 aliphatic heterocycles. The van der Waals surface area contributed by atoms with Crippen molar-refractivity contribution in [2.75, 3.05) is 13.2 Å². The largest absolute Gasteiger partial charge is 0.396 e. The van der Waals surface area contributed by atoms with Crippen molar-refractivity contribution in [3.63, 3.8) is 0 Å². The number of benzene rings is 1. The first-order chi connectivity index (χ1) is 9.19. The van der Waals surface area contributed by atoms with Crippen LogP contribution in [0.4, 0.5) is 0 Å². The number of nitrogens with one attached hydrogen (secondary N) is 1. The van der Waals surface area contributed by atoms with E-state index in [2.05, 4.69) is 10.4 Å². The Bertz CT molecular complexity index is 510. The van der Waals surface area contributed by atoms with Gasteiger partial charge in [-0.05, 0) is 30.2 Å². The van der Waals surface area contributed by atoms with E-state index in [1.807, 2.05) is 48.3 Å². The van der Waals surface area contributed by atoms with Crippen LogP contribution in [-0.4, -0.2) is 28.0 Å². The minimum Gasteiger partial charge on any atom is -0.396 e. The van der Waals surface area contributed by atoms with Crippen LogP contribution in [0.15, 0.2) is 36.7 Å². The van der Waals surface area contributed by atoms with Crippen molar-refractivity contribution in [3.05, 3.63) is 47.2 Å². The smallest absolute Gasteiger partial charge is 0.0646 e. The number of aromatic nitrogens is 2. The van der Waals surface area contributed by atoms with Crippen molar-refractivity contribution >= 4 is 11.6 Å². The molecule has 0 radical (unpaired) electrons. The zero-order valence-corrected chi connectivity index (χ0v) is 11.6. The van der Waals surface area contributed by atoms with Crippen LogP contribution in [0.2, 0.25) is 5.02 Å². The van der Waals surface area contributed by atoms with E-state index in [1.54, 1.807) is 0 Å². The molecule has 0 aliphatic rings. The molecule has 2 rings (SSSR count). The fraction of sp³-hybridized carbons (Fsp3) is 0.357. The molecule has 0 amide bonds. The highest BCUT2D eigenvalue weighted by molar-refractivity contribution is 6.30. The third-order valence-corrected chi connectivity index (χ3v) is 3.11. The normalized spacial score (nSPS) is 12.6. The second-order valence-corrected chi connectivity index (χ2v) is 5.12. The van der Waals surface area contributed by atoms with E-state index in [0.29, 0.717) is 0 Å². The van der Waals surface area contributed by atoms with E-state index in [4.69, 9.17) is 16.7 Å². The van der Waals surface area contributed by atoms with Crippen molar-refractivity contribution in [1.29, 1.82) is 0 Å². The molecule has 0 fully saturated rings. The molecule has 19 heavy (non-hydrogen) atoms. The number of nitrogens with zero attached hydrogens (tertiary/aromatic N) is 2. The topological polar surface area (TPSA) is 50.1 Å². The summed E-state index contributed by atoms with van der Waals surface area (Å²) in [5, 5.41) is 17.3. The number of aliphatic hydroxyl groups is 1. The molecule has 0 saturated heterocycles. The predicted molar refractivity (Wildman–Crippen MR) is 76.5 cm³/mol. The maximum absolute atomic E-state index is 8.94. The second-order valence-electron chi connectivity index (χ2n) is 4.69. The Kier molecular flexibility index (Phi) is 4.96. The molecule has 0 spiro atoms. The molecule has 1 aromatic heterocycles. The van der Waals surface area contributed by atoms with Gasteiger partial charge in [-0.3, -0.25) is 0 Å². The third-order valence-electron chi connectivity index (χ3n) is 2.86. The van der Waals surface area contributed by atoms with Gasteiger partial charge in [-0.1, -0.05) is 18.5 Å². The molecule has 5 heteroatoms. The van der Waals surface area contributed by atoms with Gasteiger partial charge in [-0.15, -0.1) is 0 Å². The maximum atomic E-state index is 8.94. The SMILES string of the molecule is CC(CO)CNCc1cnn(-c2ccc(Cl)cc2)c1. The summed E-state index contributed by atoms with van der Waals surface area (Å²) in [5.74, 6) is 0.270. The molecule has 1 aromatic carbocycles. The average Bonchev–Trinajstić information content (AvgIpc) is 2.88. The van der Waals surface area contributed by atoms with E-state index in [0.717, 1.165) is 29.4 Å². The van der Waals surface area contributed by atoms with Crippen LogP contribution >= 0.6 is 11.6 Å². The number of rotatable bonds is 6. The molecule has 0 bridgehead atoms. The lowest BCUT2D eigenvalue weighted by molar-refractivity contribution is 0.233. The summed E-state index contributed by atoms with van der Waals surface area (Å²) >= 11 is 5.86. The Morgan fingerprint density at radius 2 is 2.11 bits per heavy atom. The molecule has 0 aliphatic carbocycles. The summed E-state index contributed by atoms with van der Waals surface area (Å²) in [6.07, 6.45) is 3.82. The summed E-state index contributed by atoms with van der Waals surface area (Å²) in [4.78, 5) is 0. The minimum atomic E-state index is 0.205. The number of aliphatic hydroxyl groups excluding tert-OH is 1. The Morgan fingerprint density at radius 3 is 2.79 bits per heavy atom. The summed E-state index contributed by atoms with van der Waals surface area (Å²) in [6.45, 7) is 3.75. The molecule has 2 aromatic rings. The van der Waals surface area contributed by atoms with Crippen LogP contribution in [-0.2, 0) is 6.54 Å². The van der Waals surface area contributed by atoms with Crippen molar-refractivity contribution in [2.45, 2.75) is 13.5 Å². The molecule has 4 nitrogen and oxygen atoms in total. The Hall–Kier alpha value is -1.36. The first kappa shape index (κ1) is 14.1. The molecular formula is C14H18ClN3O. The van der Waals surface area contributed by atoms with Crippen LogP contribution in [0.5, 0.6) is 0 Å². The fourth-order valence-electron chi connectivity index (χ4n) is 1.71. The quantitative estimate of drug-likeness (QED) is 0.853. The molecule has 102 valence electrons. The van der Waals surface area contributed by atoms with Crippen LogP contribution in [0.1, 0.15) is 12.5 Å². The van der Waals surface area contributed by atoms with Gasteiger partial charge in [0.25, 0.3) is 0 Å². The van der Waals surface area contributed by atoms with E-state index in [1.165, 1.54) is 0 Å². The maximum Gasteiger partial charge on any atom is 0.0646 e. The Morgan fingerprint density at radius 1 is 1.37 bits per heavy atom. The Labute approximate surface area is 118 Å². The summed E-state index contributed by atoms with van der Waals surface area (Å²) < 4.78 is 1.82. The monoisotopic (exact) mass is 279 g/mol. The lowest BCUT2D eigenvalue weighted by Gasteiger charge is -2.07. The van der Waals surface area contributed by atoms with Gasteiger partial charge in [0.05, 0.1) is 11.9 Å². The van der Waals surface area contributed by atoms with Gasteiger partial charge >= 0.3 is 0 Å². The first-order valence-electron chi connectivity index (χ1n) is 6.30. The number of hydrogen-bond acceptors (Lipinski definition) is 3. The zero-order valence-electron chi connectivity index (χ0n) is 10.9. The molecule has 1 unspecified atom stereocenters. The molecule has 1 heterocycles. The van der Waals surface area contributed by atoms with E-state index in [-0.39, 0.29) is 12.5 Å². The highest BCUT2D eigenvalue weighted by Gasteiger charge is 2.02. The molecular weight excluding hydrogens is 262 g/mol. The van der Waals surface area contributed by atoms with Gasteiger partial charge in [0.15, 0.2) is 0 Å². The van der Waals surface area contributed by atoms with Crippen LogP contribution in [0.3, 0.4) is 0 Å². The average molecular weight is 280 g/mol. The highest BCUT2D eigenvalue weighted by Crippen LogP contribution is 2.13. The molecule has 1 atom stereocenters. The number of hydrogen-bond donors (Lipinski definition) is 2. The minimum absolute atomic E-state index is 0.205. The Balaban J connectivity index is 1.93. The summed E-state index contributed by atoms with van der Waals surface area (Å²) in [6, 6.07) is 7.56. The van der Waals surface area contributed by atoms with Gasteiger partial charge < -0.3 is 10.4 Å². The van der Waals surface area contributed by atoms with Crippen molar-refractivity contribution in [2.24, 2.45) is 5.92 Å². The van der Waals surface area contributed by atoms with Gasteiger partial charge in [-0.2, -0.15) is 5.10 Å². The third kappa shape index (κ3) is 4.06. The van der Waals surface area contributed by atoms with Gasteiger partial charge in [0.1, 0.15) is 0 Å². The highest BCUT2D eigenvalue weighted by atomic mass is 35.5. The van der Waals surface area contributed by atoms with Crippen molar-refractivity contribution < 1.29 is 5.11 Å². The second kappa shape index (κ2) is 6.70. The lowest BCUT2D eigenvalue weighted by atomic mass is 10.2. The zero-order chi connectivity index (χ0) is 13.7. The van der Waals surface area contributed by atoms with E-state index >= 15 is 0 Å². The predicted octanol–water partition coefficient (Wildman–Crippen LogP) is 2.24. The van der Waals surface area contributed by atoms with E-state index in [9.17, 15) is 0 Å². The molecule has 2 N–H and O–H groups in total. The lowest BCUT2D eigenvalue weighted by Crippen LogP contribution is -2.22. The van der Waals surface area contributed by atoms with E-state index < -0.39 is 0 Å². The standard InChI is InChI=1S/C14H18ClN3O/c1-11(10-19)6-16-7-12-8-17-18(9-12)14-4-2-13(15)3-5-14/h2-5,8-9,11,16,19H,6-7,10H2,1H3. The summed E-state index contributed by atoms with van der Waals surface area (Å²) in [5.41, 5.74) is 2.10. The van der Waals surface area contributed by atoms with Crippen LogP contribution in [0, 0.1) is 5.92 Å².